The van der Waals surface area contributed by atoms with Crippen LogP contribution in [0.25, 0.3) is 10.9 Å². The Morgan fingerprint density at radius 1 is 1.03 bits per heavy atom. The molecule has 3 heterocycles. The third-order valence-electron chi connectivity index (χ3n) is 5.69. The van der Waals surface area contributed by atoms with Gasteiger partial charge in [0.2, 0.25) is 0 Å². The Morgan fingerprint density at radius 2 is 1.74 bits per heavy atom. The normalized spacial score (nSPS) is 15.5. The Hall–Kier alpha value is -2.94. The number of ether oxygens (including phenoxy) is 2. The smallest absolute Gasteiger partial charge is 0.433 e. The molecule has 166 valence electrons. The van der Waals surface area contributed by atoms with E-state index in [1.807, 2.05) is 23.2 Å². The van der Waals surface area contributed by atoms with Crippen molar-refractivity contribution in [3.63, 3.8) is 0 Å². The van der Waals surface area contributed by atoms with Gasteiger partial charge in [-0.05, 0) is 30.2 Å². The quantitative estimate of drug-likeness (QED) is 0.637. The van der Waals surface area contributed by atoms with Crippen molar-refractivity contribution >= 4 is 16.7 Å². The van der Waals surface area contributed by atoms with Gasteiger partial charge in [-0.2, -0.15) is 13.2 Å². The molecule has 2 aromatic heterocycles. The number of hydrogen-bond acceptors (Lipinski definition) is 5. The lowest BCUT2D eigenvalue weighted by molar-refractivity contribution is -0.141. The zero-order valence-electron chi connectivity index (χ0n) is 17.5. The van der Waals surface area contributed by atoms with Crippen LogP contribution < -0.4 is 14.4 Å². The first-order valence-electron chi connectivity index (χ1n) is 10.1. The summed E-state index contributed by atoms with van der Waals surface area (Å²) in [5.74, 6) is 1.76. The monoisotopic (exact) mass is 434 g/mol. The number of rotatable bonds is 6. The summed E-state index contributed by atoms with van der Waals surface area (Å²) in [5, 5.41) is 1.10. The van der Waals surface area contributed by atoms with Gasteiger partial charge < -0.3 is 19.4 Å². The summed E-state index contributed by atoms with van der Waals surface area (Å²) < 4.78 is 49.6. The SMILES string of the molecule is COc1cc2[nH]cc(CCN3CCN(c4cccc(C(F)(F)F)n4)CC3)c2cc1OC. The van der Waals surface area contributed by atoms with E-state index in [4.69, 9.17) is 9.47 Å². The lowest BCUT2D eigenvalue weighted by Gasteiger charge is -2.35. The van der Waals surface area contributed by atoms with Crippen LogP contribution in [0.15, 0.2) is 36.5 Å². The summed E-state index contributed by atoms with van der Waals surface area (Å²) in [5.41, 5.74) is 1.34. The largest absolute Gasteiger partial charge is 0.493 e. The predicted molar refractivity (Wildman–Crippen MR) is 113 cm³/mol. The number of halogens is 3. The van der Waals surface area contributed by atoms with Crippen molar-refractivity contribution in [1.82, 2.24) is 14.9 Å². The van der Waals surface area contributed by atoms with E-state index < -0.39 is 11.9 Å². The fraction of sp³-hybridized carbons (Fsp3) is 0.409. The highest BCUT2D eigenvalue weighted by molar-refractivity contribution is 5.86. The predicted octanol–water partition coefficient (Wildman–Crippen LogP) is 3.96. The molecule has 0 unspecified atom stereocenters. The summed E-state index contributed by atoms with van der Waals surface area (Å²) in [6.07, 6.45) is -1.56. The first-order valence-corrected chi connectivity index (χ1v) is 10.1. The van der Waals surface area contributed by atoms with E-state index in [0.717, 1.165) is 43.0 Å². The molecular formula is C22H25F3N4O2. The number of H-pyrrole nitrogens is 1. The molecular weight excluding hydrogens is 409 g/mol. The molecule has 1 saturated heterocycles. The number of piperazine rings is 1. The van der Waals surface area contributed by atoms with Crippen molar-refractivity contribution in [3.05, 3.63) is 47.8 Å². The van der Waals surface area contributed by atoms with E-state index in [-0.39, 0.29) is 0 Å². The number of benzene rings is 1. The molecule has 0 aliphatic carbocycles. The molecule has 1 aromatic carbocycles. The molecule has 1 aliphatic heterocycles. The average Bonchev–Trinajstić information content (AvgIpc) is 3.18. The lowest BCUT2D eigenvalue weighted by Crippen LogP contribution is -2.47. The first kappa shape index (κ1) is 21.3. The second-order valence-corrected chi connectivity index (χ2v) is 7.52. The number of alkyl halides is 3. The van der Waals surface area contributed by atoms with Crippen LogP contribution in [-0.2, 0) is 12.6 Å². The Labute approximate surface area is 178 Å². The molecule has 0 atom stereocenters. The number of pyridine rings is 1. The van der Waals surface area contributed by atoms with E-state index >= 15 is 0 Å². The standard InChI is InChI=1S/C22H25F3N4O2/c1-30-18-12-16-15(14-26-17(16)13-19(18)31-2)6-7-28-8-10-29(11-9-28)21-5-3-4-20(27-21)22(23,24)25/h3-5,12-14,26H,6-11H2,1-2H3. The van der Waals surface area contributed by atoms with Crippen molar-refractivity contribution in [2.24, 2.45) is 0 Å². The van der Waals surface area contributed by atoms with E-state index in [2.05, 4.69) is 14.9 Å². The molecule has 1 N–H and O–H groups in total. The number of nitrogens with one attached hydrogen (secondary N) is 1. The zero-order chi connectivity index (χ0) is 22.0. The van der Waals surface area contributed by atoms with Gasteiger partial charge in [-0.1, -0.05) is 6.07 Å². The van der Waals surface area contributed by atoms with Crippen molar-refractivity contribution in [1.29, 1.82) is 0 Å². The molecule has 1 aliphatic rings. The molecule has 4 rings (SSSR count). The van der Waals surface area contributed by atoms with Gasteiger partial charge in [0.1, 0.15) is 11.5 Å². The van der Waals surface area contributed by atoms with Gasteiger partial charge in [-0.15, -0.1) is 0 Å². The Bertz CT molecular complexity index is 1040. The van der Waals surface area contributed by atoms with Crippen LogP contribution in [-0.4, -0.2) is 61.8 Å². The van der Waals surface area contributed by atoms with E-state index in [1.165, 1.54) is 11.6 Å². The van der Waals surface area contributed by atoms with Gasteiger partial charge >= 0.3 is 6.18 Å². The first-order chi connectivity index (χ1) is 14.9. The maximum Gasteiger partial charge on any atom is 0.433 e. The molecule has 0 saturated carbocycles. The minimum absolute atomic E-state index is 0.382. The van der Waals surface area contributed by atoms with Gasteiger partial charge in [0.25, 0.3) is 0 Å². The van der Waals surface area contributed by atoms with Crippen LogP contribution >= 0.6 is 0 Å². The Kier molecular flexibility index (Phi) is 5.95. The van der Waals surface area contributed by atoms with Crippen LogP contribution in [0.5, 0.6) is 11.5 Å². The second-order valence-electron chi connectivity index (χ2n) is 7.52. The van der Waals surface area contributed by atoms with Crippen LogP contribution in [0.1, 0.15) is 11.3 Å². The number of anilines is 1. The van der Waals surface area contributed by atoms with Crippen LogP contribution in [0.2, 0.25) is 0 Å². The number of aromatic amines is 1. The molecule has 3 aromatic rings. The minimum atomic E-state index is -4.43. The maximum atomic E-state index is 12.9. The molecule has 0 bridgehead atoms. The lowest BCUT2D eigenvalue weighted by atomic mass is 10.1. The fourth-order valence-electron chi connectivity index (χ4n) is 3.95. The highest BCUT2D eigenvalue weighted by Crippen LogP contribution is 2.33. The molecule has 6 nitrogen and oxygen atoms in total. The summed E-state index contributed by atoms with van der Waals surface area (Å²) >= 11 is 0. The van der Waals surface area contributed by atoms with Gasteiger partial charge in [0.15, 0.2) is 11.5 Å². The molecule has 31 heavy (non-hydrogen) atoms. The molecule has 0 radical (unpaired) electrons. The third-order valence-corrected chi connectivity index (χ3v) is 5.69. The third kappa shape index (κ3) is 4.56. The number of nitrogens with zero attached hydrogens (tertiary/aromatic N) is 3. The van der Waals surface area contributed by atoms with Crippen molar-refractivity contribution in [2.45, 2.75) is 12.6 Å². The van der Waals surface area contributed by atoms with Gasteiger partial charge in [0.05, 0.1) is 14.2 Å². The summed E-state index contributed by atoms with van der Waals surface area (Å²) in [4.78, 5) is 11.3. The summed E-state index contributed by atoms with van der Waals surface area (Å²) in [7, 11) is 3.23. The number of aromatic nitrogens is 2. The van der Waals surface area contributed by atoms with Crippen molar-refractivity contribution < 1.29 is 22.6 Å². The molecule has 1 fully saturated rings. The van der Waals surface area contributed by atoms with Crippen molar-refractivity contribution in [3.8, 4) is 11.5 Å². The van der Waals surface area contributed by atoms with Crippen LogP contribution in [0, 0.1) is 0 Å². The van der Waals surface area contributed by atoms with E-state index in [9.17, 15) is 13.2 Å². The maximum absolute atomic E-state index is 12.9. The number of hydrogen-bond donors (Lipinski definition) is 1. The number of methoxy groups -OCH3 is 2. The summed E-state index contributed by atoms with van der Waals surface area (Å²) in [6.45, 7) is 3.71. The highest BCUT2D eigenvalue weighted by atomic mass is 19.4. The Balaban J connectivity index is 1.37. The van der Waals surface area contributed by atoms with E-state index in [0.29, 0.717) is 30.4 Å². The Morgan fingerprint density at radius 3 is 2.42 bits per heavy atom. The molecule has 0 spiro atoms. The van der Waals surface area contributed by atoms with Crippen LogP contribution in [0.3, 0.4) is 0 Å². The van der Waals surface area contributed by atoms with Gasteiger partial charge in [0, 0.05) is 55.9 Å². The van der Waals surface area contributed by atoms with Gasteiger partial charge in [-0.3, -0.25) is 4.90 Å². The zero-order valence-corrected chi connectivity index (χ0v) is 17.5. The highest BCUT2D eigenvalue weighted by Gasteiger charge is 2.33. The number of fused-ring (bicyclic) bond motifs is 1. The van der Waals surface area contributed by atoms with Crippen LogP contribution in [0.4, 0.5) is 19.0 Å². The van der Waals surface area contributed by atoms with Crippen molar-refractivity contribution in [2.75, 3.05) is 51.8 Å². The average molecular weight is 434 g/mol. The van der Waals surface area contributed by atoms with Gasteiger partial charge in [-0.25, -0.2) is 4.98 Å². The molecule has 9 heteroatoms. The van der Waals surface area contributed by atoms with E-state index in [1.54, 1.807) is 20.3 Å². The second kappa shape index (κ2) is 8.66. The summed E-state index contributed by atoms with van der Waals surface area (Å²) in [6, 6.07) is 7.97. The topological polar surface area (TPSA) is 53.6 Å². The minimum Gasteiger partial charge on any atom is -0.493 e. The molecule has 0 amide bonds. The fourth-order valence-corrected chi connectivity index (χ4v) is 3.95.